The molecule has 0 bridgehead atoms. The van der Waals surface area contributed by atoms with Crippen LogP contribution in [0.25, 0.3) is 0 Å². The van der Waals surface area contributed by atoms with E-state index in [0.717, 1.165) is 7.14 Å². The maximum absolute atomic E-state index is 11.1. The van der Waals surface area contributed by atoms with E-state index < -0.39 is 5.97 Å². The molecule has 2 aromatic carbocycles. The van der Waals surface area contributed by atoms with Crippen LogP contribution in [-0.2, 0) is 4.74 Å². The Morgan fingerprint density at radius 2 is 1.24 bits per heavy atom. The summed E-state index contributed by atoms with van der Waals surface area (Å²) in [6.45, 7) is 4.15. The predicted molar refractivity (Wildman–Crippen MR) is 114 cm³/mol. The molecule has 0 aliphatic heterocycles. The molecule has 2 rings (SSSR count). The summed E-state index contributed by atoms with van der Waals surface area (Å²) in [5.74, 6) is -1.13. The minimum absolute atomic E-state index is 0.250. The van der Waals surface area contributed by atoms with Crippen LogP contribution in [0.2, 0.25) is 0 Å². The molecule has 25 heavy (non-hydrogen) atoms. The SMILES string of the molecule is CCO.CCOC(=O)c1ccc(I)cc1.O=C(O)c1ccc(I)cc1. The largest absolute Gasteiger partial charge is 0.478 e. The molecule has 0 unspecified atom stereocenters. The van der Waals surface area contributed by atoms with E-state index in [0.29, 0.717) is 17.7 Å². The first-order chi connectivity index (χ1) is 11.8. The molecule has 0 radical (unpaired) electrons. The van der Waals surface area contributed by atoms with Crippen LogP contribution in [0.15, 0.2) is 48.5 Å². The number of carbonyl (C=O) groups is 2. The van der Waals surface area contributed by atoms with Crippen LogP contribution in [0.3, 0.4) is 0 Å². The Bertz CT molecular complexity index is 640. The standard InChI is InChI=1S/C9H9IO2.C7H5IO2.C2H6O/c1-2-12-9(11)7-3-5-8(10)6-4-7;8-6-3-1-5(2-4-6)7(9)10;1-2-3/h3-6H,2H2,1H3;1-4H,(H,9,10);3H,2H2,1H3. The Labute approximate surface area is 174 Å². The molecule has 0 fully saturated rings. The number of benzene rings is 2. The molecule has 0 saturated carbocycles. The van der Waals surface area contributed by atoms with Crippen molar-refractivity contribution in [3.63, 3.8) is 0 Å². The summed E-state index contributed by atoms with van der Waals surface area (Å²) in [7, 11) is 0. The molecule has 0 aliphatic carbocycles. The summed E-state index contributed by atoms with van der Waals surface area (Å²) in [5.41, 5.74) is 0.942. The first-order valence-corrected chi connectivity index (χ1v) is 9.53. The number of carbonyl (C=O) groups excluding carboxylic acids is 1. The minimum Gasteiger partial charge on any atom is -0.478 e. The summed E-state index contributed by atoms with van der Waals surface area (Å²) in [6.07, 6.45) is 0. The van der Waals surface area contributed by atoms with Gasteiger partial charge in [-0.1, -0.05) is 0 Å². The van der Waals surface area contributed by atoms with E-state index in [-0.39, 0.29) is 12.6 Å². The highest BCUT2D eigenvalue weighted by atomic mass is 127. The average Bonchev–Trinajstić information content (AvgIpc) is 2.57. The van der Waals surface area contributed by atoms with Crippen molar-refractivity contribution in [2.75, 3.05) is 13.2 Å². The molecule has 136 valence electrons. The number of aliphatic hydroxyl groups is 1. The highest BCUT2D eigenvalue weighted by Gasteiger charge is 2.04. The van der Waals surface area contributed by atoms with Crippen LogP contribution in [0.5, 0.6) is 0 Å². The summed E-state index contributed by atoms with van der Waals surface area (Å²) in [5, 5.41) is 16.0. The Morgan fingerprint density at radius 1 is 0.880 bits per heavy atom. The van der Waals surface area contributed by atoms with Crippen LogP contribution in [0.1, 0.15) is 34.6 Å². The lowest BCUT2D eigenvalue weighted by Gasteiger charge is -2.00. The van der Waals surface area contributed by atoms with Gasteiger partial charge < -0.3 is 14.9 Å². The second kappa shape index (κ2) is 14.0. The highest BCUT2D eigenvalue weighted by molar-refractivity contribution is 14.1. The van der Waals surface area contributed by atoms with E-state index >= 15 is 0 Å². The fraction of sp³-hybridized carbons (Fsp3) is 0.222. The third kappa shape index (κ3) is 11.1. The summed E-state index contributed by atoms with van der Waals surface area (Å²) in [6, 6.07) is 14.0. The monoisotopic (exact) mass is 570 g/mol. The molecule has 0 atom stereocenters. The highest BCUT2D eigenvalue weighted by Crippen LogP contribution is 2.07. The van der Waals surface area contributed by atoms with Crippen molar-refractivity contribution in [1.29, 1.82) is 0 Å². The van der Waals surface area contributed by atoms with Crippen LogP contribution in [0, 0.1) is 7.14 Å². The summed E-state index contributed by atoms with van der Waals surface area (Å²) < 4.78 is 6.98. The number of carboxylic acid groups (broad SMARTS) is 1. The average molecular weight is 570 g/mol. The molecule has 0 heterocycles. The number of esters is 1. The molecule has 0 spiro atoms. The zero-order valence-electron chi connectivity index (χ0n) is 13.9. The quantitative estimate of drug-likeness (QED) is 0.421. The number of halogens is 2. The van der Waals surface area contributed by atoms with Gasteiger partial charge in [-0.3, -0.25) is 0 Å². The Morgan fingerprint density at radius 3 is 1.56 bits per heavy atom. The Hall–Kier alpha value is -1.20. The third-order valence-electron chi connectivity index (χ3n) is 2.45. The van der Waals surface area contributed by atoms with Crippen molar-refractivity contribution in [2.45, 2.75) is 13.8 Å². The molecule has 0 amide bonds. The van der Waals surface area contributed by atoms with E-state index in [4.69, 9.17) is 14.9 Å². The van der Waals surface area contributed by atoms with E-state index in [1.54, 1.807) is 50.2 Å². The number of aromatic carboxylic acids is 1. The number of ether oxygens (including phenoxy) is 1. The first kappa shape index (κ1) is 23.8. The van der Waals surface area contributed by atoms with Gasteiger partial charge in [-0.25, -0.2) is 9.59 Å². The van der Waals surface area contributed by atoms with E-state index in [2.05, 4.69) is 45.2 Å². The van der Waals surface area contributed by atoms with Crippen molar-refractivity contribution in [3.05, 3.63) is 66.8 Å². The van der Waals surface area contributed by atoms with Gasteiger partial charge in [0.15, 0.2) is 0 Å². The van der Waals surface area contributed by atoms with Gasteiger partial charge in [-0.2, -0.15) is 0 Å². The van der Waals surface area contributed by atoms with Gasteiger partial charge in [0.2, 0.25) is 0 Å². The van der Waals surface area contributed by atoms with Crippen molar-refractivity contribution < 1.29 is 24.5 Å². The fourth-order valence-corrected chi connectivity index (χ4v) is 2.11. The maximum atomic E-state index is 11.1. The smallest absolute Gasteiger partial charge is 0.338 e. The van der Waals surface area contributed by atoms with Gasteiger partial charge >= 0.3 is 11.9 Å². The van der Waals surface area contributed by atoms with Crippen LogP contribution < -0.4 is 0 Å². The lowest BCUT2D eigenvalue weighted by molar-refractivity contribution is 0.0525. The Balaban J connectivity index is 0.000000403. The molecule has 0 aromatic heterocycles. The Kier molecular flexibility index (Phi) is 13.3. The van der Waals surface area contributed by atoms with Crippen molar-refractivity contribution in [2.24, 2.45) is 0 Å². The second-order valence-electron chi connectivity index (χ2n) is 4.36. The number of carboxylic acids is 1. The molecular weight excluding hydrogens is 550 g/mol. The molecule has 0 saturated heterocycles. The lowest BCUT2D eigenvalue weighted by atomic mass is 10.2. The molecule has 2 N–H and O–H groups in total. The molecule has 2 aromatic rings. The van der Waals surface area contributed by atoms with Gasteiger partial charge in [0.05, 0.1) is 17.7 Å². The van der Waals surface area contributed by atoms with Gasteiger partial charge in [0.25, 0.3) is 0 Å². The van der Waals surface area contributed by atoms with E-state index in [1.165, 1.54) is 0 Å². The lowest BCUT2D eigenvalue weighted by Crippen LogP contribution is -2.03. The number of hydrogen-bond donors (Lipinski definition) is 2. The normalized spacial score (nSPS) is 9.00. The maximum Gasteiger partial charge on any atom is 0.338 e. The van der Waals surface area contributed by atoms with Crippen molar-refractivity contribution >= 4 is 57.1 Å². The second-order valence-corrected chi connectivity index (χ2v) is 6.85. The predicted octanol–water partition coefficient (Wildman–Crippen LogP) is 4.46. The number of aliphatic hydroxyl groups excluding tert-OH is 1. The van der Waals surface area contributed by atoms with Crippen LogP contribution in [-0.4, -0.2) is 35.4 Å². The zero-order valence-corrected chi connectivity index (χ0v) is 18.2. The first-order valence-electron chi connectivity index (χ1n) is 7.38. The van der Waals surface area contributed by atoms with Gasteiger partial charge in [0, 0.05) is 13.7 Å². The van der Waals surface area contributed by atoms with Crippen LogP contribution >= 0.6 is 45.2 Å². The number of hydrogen-bond acceptors (Lipinski definition) is 4. The van der Waals surface area contributed by atoms with Crippen molar-refractivity contribution in [3.8, 4) is 0 Å². The third-order valence-corrected chi connectivity index (χ3v) is 3.88. The van der Waals surface area contributed by atoms with E-state index in [1.807, 2.05) is 12.1 Å². The van der Waals surface area contributed by atoms with E-state index in [9.17, 15) is 9.59 Å². The number of rotatable bonds is 3. The minimum atomic E-state index is -0.878. The van der Waals surface area contributed by atoms with Gasteiger partial charge in [-0.05, 0) is 108 Å². The molecule has 0 aliphatic rings. The summed E-state index contributed by atoms with van der Waals surface area (Å²) in [4.78, 5) is 21.4. The molecule has 5 nitrogen and oxygen atoms in total. The van der Waals surface area contributed by atoms with Gasteiger partial charge in [0.1, 0.15) is 0 Å². The zero-order chi connectivity index (χ0) is 19.2. The fourth-order valence-electron chi connectivity index (χ4n) is 1.39. The van der Waals surface area contributed by atoms with Gasteiger partial charge in [-0.15, -0.1) is 0 Å². The molecular formula is C18H20I2O5. The van der Waals surface area contributed by atoms with Crippen LogP contribution in [0.4, 0.5) is 0 Å². The topological polar surface area (TPSA) is 83.8 Å². The van der Waals surface area contributed by atoms with Crippen molar-refractivity contribution in [1.82, 2.24) is 0 Å². The molecule has 7 heteroatoms. The summed E-state index contributed by atoms with van der Waals surface area (Å²) >= 11 is 4.32.